The van der Waals surface area contributed by atoms with Gasteiger partial charge in [0.15, 0.2) is 5.82 Å². The SMILES string of the molecule is Cc1cc(NC(=O)CN2CCCC(CNC(=O)C3CCCN3)C2)no1.Cl. The highest BCUT2D eigenvalue weighted by Crippen LogP contribution is 2.16. The second-order valence-electron chi connectivity index (χ2n) is 7.01. The summed E-state index contributed by atoms with van der Waals surface area (Å²) < 4.78 is 4.95. The van der Waals surface area contributed by atoms with Crippen molar-refractivity contribution in [1.29, 1.82) is 0 Å². The molecule has 2 atom stereocenters. The molecule has 1 aromatic heterocycles. The van der Waals surface area contributed by atoms with Crippen molar-refractivity contribution in [3.63, 3.8) is 0 Å². The number of carbonyl (C=O) groups is 2. The molecule has 0 spiro atoms. The van der Waals surface area contributed by atoms with E-state index in [1.165, 1.54) is 0 Å². The lowest BCUT2D eigenvalue weighted by molar-refractivity contribution is -0.123. The number of amides is 2. The maximum atomic E-state index is 12.1. The molecule has 2 saturated heterocycles. The van der Waals surface area contributed by atoms with Crippen molar-refractivity contribution in [3.05, 3.63) is 11.8 Å². The molecular weight excluding hydrogens is 358 g/mol. The normalized spacial score (nSPS) is 23.3. The summed E-state index contributed by atoms with van der Waals surface area (Å²) in [6.07, 6.45) is 4.11. The standard InChI is InChI=1S/C17H27N5O3.ClH/c1-12-8-15(21-25-12)20-16(23)11-22-7-3-4-13(10-22)9-19-17(24)14-5-2-6-18-14;/h8,13-14,18H,2-7,9-11H2,1H3,(H,19,24)(H,20,21,23);1H. The van der Waals surface area contributed by atoms with Gasteiger partial charge in [-0.1, -0.05) is 5.16 Å². The second-order valence-corrected chi connectivity index (χ2v) is 7.01. The minimum absolute atomic E-state index is 0. The van der Waals surface area contributed by atoms with Crippen molar-refractivity contribution < 1.29 is 14.1 Å². The molecule has 2 aliphatic rings. The molecule has 1 aromatic rings. The Labute approximate surface area is 159 Å². The molecule has 8 nitrogen and oxygen atoms in total. The van der Waals surface area contributed by atoms with Crippen LogP contribution in [-0.4, -0.2) is 60.6 Å². The monoisotopic (exact) mass is 385 g/mol. The van der Waals surface area contributed by atoms with E-state index < -0.39 is 0 Å². The molecular formula is C17H28ClN5O3. The second kappa shape index (κ2) is 9.89. The number of aryl methyl sites for hydroxylation is 1. The number of hydrogen-bond acceptors (Lipinski definition) is 6. The minimum Gasteiger partial charge on any atom is -0.360 e. The van der Waals surface area contributed by atoms with Gasteiger partial charge in [-0.3, -0.25) is 14.5 Å². The number of carbonyl (C=O) groups excluding carboxylic acids is 2. The highest BCUT2D eigenvalue weighted by atomic mass is 35.5. The first-order valence-electron chi connectivity index (χ1n) is 9.07. The molecule has 0 radical (unpaired) electrons. The molecule has 2 unspecified atom stereocenters. The van der Waals surface area contributed by atoms with Gasteiger partial charge in [0.1, 0.15) is 5.76 Å². The van der Waals surface area contributed by atoms with Crippen molar-refractivity contribution in [3.8, 4) is 0 Å². The van der Waals surface area contributed by atoms with Crippen LogP contribution in [0.5, 0.6) is 0 Å². The van der Waals surface area contributed by atoms with Crippen molar-refractivity contribution in [2.24, 2.45) is 5.92 Å². The van der Waals surface area contributed by atoms with Gasteiger partial charge in [-0.25, -0.2) is 0 Å². The summed E-state index contributed by atoms with van der Waals surface area (Å²) in [6.45, 7) is 5.45. The quantitative estimate of drug-likeness (QED) is 0.673. The van der Waals surface area contributed by atoms with E-state index in [2.05, 4.69) is 26.0 Å². The first-order valence-corrected chi connectivity index (χ1v) is 9.07. The van der Waals surface area contributed by atoms with Crippen molar-refractivity contribution >= 4 is 30.0 Å². The molecule has 26 heavy (non-hydrogen) atoms. The molecule has 3 rings (SSSR count). The Balaban J connectivity index is 0.00000243. The van der Waals surface area contributed by atoms with Crippen LogP contribution in [0, 0.1) is 12.8 Å². The lowest BCUT2D eigenvalue weighted by Crippen LogP contribution is -2.46. The van der Waals surface area contributed by atoms with Gasteiger partial charge in [-0.2, -0.15) is 0 Å². The number of rotatable bonds is 6. The Morgan fingerprint density at radius 3 is 2.92 bits per heavy atom. The number of halogens is 1. The van der Waals surface area contributed by atoms with Crippen LogP contribution in [0.2, 0.25) is 0 Å². The number of anilines is 1. The molecule has 3 heterocycles. The van der Waals surface area contributed by atoms with Gasteiger partial charge < -0.3 is 20.5 Å². The molecule has 2 aliphatic heterocycles. The number of hydrogen-bond donors (Lipinski definition) is 3. The fourth-order valence-electron chi connectivity index (χ4n) is 3.55. The van der Waals surface area contributed by atoms with E-state index >= 15 is 0 Å². The largest absolute Gasteiger partial charge is 0.360 e. The summed E-state index contributed by atoms with van der Waals surface area (Å²) in [5.74, 6) is 1.52. The van der Waals surface area contributed by atoms with Gasteiger partial charge >= 0.3 is 0 Å². The summed E-state index contributed by atoms with van der Waals surface area (Å²) in [5, 5.41) is 12.8. The average molecular weight is 386 g/mol. The molecule has 2 amide bonds. The maximum absolute atomic E-state index is 12.1. The predicted molar refractivity (Wildman–Crippen MR) is 100 cm³/mol. The average Bonchev–Trinajstić information content (AvgIpc) is 3.25. The first-order chi connectivity index (χ1) is 12.1. The van der Waals surface area contributed by atoms with E-state index in [1.807, 2.05) is 0 Å². The van der Waals surface area contributed by atoms with Gasteiger partial charge in [0.2, 0.25) is 11.8 Å². The molecule has 2 fully saturated rings. The van der Waals surface area contributed by atoms with Crippen molar-refractivity contribution in [2.45, 2.75) is 38.6 Å². The van der Waals surface area contributed by atoms with Crippen LogP contribution in [-0.2, 0) is 9.59 Å². The third kappa shape index (κ3) is 5.96. The van der Waals surface area contributed by atoms with Crippen LogP contribution >= 0.6 is 12.4 Å². The third-order valence-electron chi connectivity index (χ3n) is 4.81. The Bertz CT molecular complexity index is 603. The van der Waals surface area contributed by atoms with E-state index in [-0.39, 0.29) is 30.3 Å². The number of aromatic nitrogens is 1. The van der Waals surface area contributed by atoms with E-state index in [9.17, 15) is 9.59 Å². The smallest absolute Gasteiger partial charge is 0.239 e. The Kier molecular flexibility index (Phi) is 7.86. The fourth-order valence-corrected chi connectivity index (χ4v) is 3.55. The van der Waals surface area contributed by atoms with Crippen LogP contribution in [0.3, 0.4) is 0 Å². The number of nitrogens with one attached hydrogen (secondary N) is 3. The molecule has 0 aliphatic carbocycles. The van der Waals surface area contributed by atoms with Crippen LogP contribution in [0.15, 0.2) is 10.6 Å². The summed E-state index contributed by atoms with van der Waals surface area (Å²) >= 11 is 0. The van der Waals surface area contributed by atoms with Gasteiger partial charge in [0.05, 0.1) is 12.6 Å². The van der Waals surface area contributed by atoms with Gasteiger partial charge in [0, 0.05) is 19.2 Å². The van der Waals surface area contributed by atoms with Crippen molar-refractivity contribution in [2.75, 3.05) is 38.0 Å². The minimum atomic E-state index is -0.0897. The molecule has 0 saturated carbocycles. The van der Waals surface area contributed by atoms with Crippen LogP contribution in [0.1, 0.15) is 31.4 Å². The molecule has 0 aromatic carbocycles. The number of piperidine rings is 1. The lowest BCUT2D eigenvalue weighted by Gasteiger charge is -2.32. The zero-order chi connectivity index (χ0) is 17.6. The maximum Gasteiger partial charge on any atom is 0.239 e. The first kappa shape index (κ1) is 20.7. The lowest BCUT2D eigenvalue weighted by atomic mass is 9.98. The topological polar surface area (TPSA) is 99.5 Å². The predicted octanol–water partition coefficient (Wildman–Crippen LogP) is 0.924. The van der Waals surface area contributed by atoms with Crippen LogP contribution < -0.4 is 16.0 Å². The third-order valence-corrected chi connectivity index (χ3v) is 4.81. The summed E-state index contributed by atoms with van der Waals surface area (Å²) in [7, 11) is 0. The van der Waals surface area contributed by atoms with E-state index in [4.69, 9.17) is 4.52 Å². The van der Waals surface area contributed by atoms with Crippen LogP contribution in [0.25, 0.3) is 0 Å². The van der Waals surface area contributed by atoms with E-state index in [0.717, 1.165) is 45.3 Å². The molecule has 0 bridgehead atoms. The van der Waals surface area contributed by atoms with Gasteiger partial charge in [0.25, 0.3) is 0 Å². The zero-order valence-corrected chi connectivity index (χ0v) is 15.9. The molecule has 146 valence electrons. The molecule has 9 heteroatoms. The summed E-state index contributed by atoms with van der Waals surface area (Å²) in [4.78, 5) is 26.3. The highest BCUT2D eigenvalue weighted by molar-refractivity contribution is 5.91. The molecule has 3 N–H and O–H groups in total. The summed E-state index contributed by atoms with van der Waals surface area (Å²) in [5.41, 5.74) is 0. The fraction of sp³-hybridized carbons (Fsp3) is 0.706. The Morgan fingerprint density at radius 1 is 1.38 bits per heavy atom. The summed E-state index contributed by atoms with van der Waals surface area (Å²) in [6, 6.07) is 1.67. The highest BCUT2D eigenvalue weighted by Gasteiger charge is 2.25. The Morgan fingerprint density at radius 2 is 2.23 bits per heavy atom. The van der Waals surface area contributed by atoms with Gasteiger partial charge in [-0.15, -0.1) is 12.4 Å². The number of nitrogens with zero attached hydrogens (tertiary/aromatic N) is 2. The van der Waals surface area contributed by atoms with Crippen molar-refractivity contribution in [1.82, 2.24) is 20.7 Å². The van der Waals surface area contributed by atoms with Gasteiger partial charge in [-0.05, 0) is 51.6 Å². The van der Waals surface area contributed by atoms with E-state index in [0.29, 0.717) is 30.6 Å². The zero-order valence-electron chi connectivity index (χ0n) is 15.1. The Hall–Kier alpha value is -1.64. The van der Waals surface area contributed by atoms with E-state index in [1.54, 1.807) is 13.0 Å². The van der Waals surface area contributed by atoms with Crippen LogP contribution in [0.4, 0.5) is 5.82 Å². The number of likely N-dealkylation sites (tertiary alicyclic amines) is 1.